The Kier molecular flexibility index (Phi) is 4.29. The minimum Gasteiger partial charge on any atom is -0.345 e. The number of hydrogen-bond acceptors (Lipinski definition) is 2. The van der Waals surface area contributed by atoms with Crippen LogP contribution in [0.1, 0.15) is 48.0 Å². The summed E-state index contributed by atoms with van der Waals surface area (Å²) in [5, 5.41) is 0. The van der Waals surface area contributed by atoms with Gasteiger partial charge in [-0.05, 0) is 38.4 Å². The molecule has 1 heterocycles. The van der Waals surface area contributed by atoms with Crippen LogP contribution in [0.4, 0.5) is 0 Å². The second-order valence-electron chi connectivity index (χ2n) is 5.92. The van der Waals surface area contributed by atoms with E-state index in [1.165, 1.54) is 22.3 Å². The van der Waals surface area contributed by atoms with Crippen LogP contribution in [0.5, 0.6) is 0 Å². The minimum absolute atomic E-state index is 0.395. The Balaban J connectivity index is 2.62. The third kappa shape index (κ3) is 2.78. The van der Waals surface area contributed by atoms with Gasteiger partial charge in [-0.15, -0.1) is 0 Å². The van der Waals surface area contributed by atoms with E-state index in [9.17, 15) is 0 Å². The van der Waals surface area contributed by atoms with Crippen LogP contribution in [-0.2, 0) is 6.42 Å². The molecular formula is C17H25N3. The van der Waals surface area contributed by atoms with Gasteiger partial charge >= 0.3 is 0 Å². The van der Waals surface area contributed by atoms with Crippen LogP contribution in [0.2, 0.25) is 0 Å². The molecule has 0 bridgehead atoms. The normalized spacial score (nSPS) is 11.3. The highest BCUT2D eigenvalue weighted by Crippen LogP contribution is 2.31. The maximum atomic E-state index is 5.75. The molecule has 3 heteroatoms. The van der Waals surface area contributed by atoms with Crippen molar-refractivity contribution in [2.24, 2.45) is 5.73 Å². The summed E-state index contributed by atoms with van der Waals surface area (Å²) < 4.78 is 0. The zero-order chi connectivity index (χ0) is 14.9. The fourth-order valence-corrected chi connectivity index (χ4v) is 2.79. The van der Waals surface area contributed by atoms with Crippen molar-refractivity contribution in [3.63, 3.8) is 0 Å². The Labute approximate surface area is 121 Å². The number of hydrogen-bond donors (Lipinski definition) is 2. The van der Waals surface area contributed by atoms with Crippen LogP contribution in [0.25, 0.3) is 11.3 Å². The summed E-state index contributed by atoms with van der Waals surface area (Å²) in [7, 11) is 0. The number of aryl methyl sites for hydroxylation is 3. The molecule has 0 radical (unpaired) electrons. The topological polar surface area (TPSA) is 54.7 Å². The van der Waals surface area contributed by atoms with Crippen LogP contribution >= 0.6 is 0 Å². The van der Waals surface area contributed by atoms with Gasteiger partial charge in [-0.2, -0.15) is 0 Å². The lowest BCUT2D eigenvalue weighted by Gasteiger charge is -2.11. The Morgan fingerprint density at radius 1 is 1.15 bits per heavy atom. The lowest BCUT2D eigenvalue weighted by molar-refractivity contribution is 0.786. The maximum Gasteiger partial charge on any atom is 0.109 e. The molecule has 0 saturated heterocycles. The van der Waals surface area contributed by atoms with Gasteiger partial charge in [0.15, 0.2) is 0 Å². The summed E-state index contributed by atoms with van der Waals surface area (Å²) in [6.45, 7) is 11.4. The highest BCUT2D eigenvalue weighted by molar-refractivity contribution is 5.70. The number of aromatic nitrogens is 2. The highest BCUT2D eigenvalue weighted by Gasteiger charge is 2.17. The van der Waals surface area contributed by atoms with Crippen LogP contribution in [0.15, 0.2) is 12.1 Å². The zero-order valence-electron chi connectivity index (χ0n) is 13.2. The number of nitrogens with two attached hydrogens (primary N) is 1. The van der Waals surface area contributed by atoms with Crippen molar-refractivity contribution in [2.45, 2.75) is 47.0 Å². The molecule has 3 N–H and O–H groups in total. The molecule has 0 amide bonds. The van der Waals surface area contributed by atoms with E-state index in [-0.39, 0.29) is 0 Å². The standard InChI is InChI=1S/C17H25N3/c1-10(2)17-19-14(6-7-18)16(20-17)15-12(4)8-11(3)9-13(15)5/h8-10H,6-7,18H2,1-5H3,(H,19,20). The van der Waals surface area contributed by atoms with Crippen molar-refractivity contribution in [2.75, 3.05) is 6.54 Å². The second kappa shape index (κ2) is 5.80. The fraction of sp³-hybridized carbons (Fsp3) is 0.471. The number of rotatable bonds is 4. The van der Waals surface area contributed by atoms with Gasteiger partial charge in [0.1, 0.15) is 5.82 Å². The Morgan fingerprint density at radius 2 is 1.75 bits per heavy atom. The van der Waals surface area contributed by atoms with Crippen molar-refractivity contribution in [1.82, 2.24) is 9.97 Å². The van der Waals surface area contributed by atoms with Crippen LogP contribution in [-0.4, -0.2) is 16.5 Å². The number of imidazole rings is 1. The van der Waals surface area contributed by atoms with Crippen molar-refractivity contribution < 1.29 is 0 Å². The quantitative estimate of drug-likeness (QED) is 0.892. The smallest absolute Gasteiger partial charge is 0.109 e. The Morgan fingerprint density at radius 3 is 2.25 bits per heavy atom. The number of aromatic amines is 1. The number of benzene rings is 1. The van der Waals surface area contributed by atoms with E-state index < -0.39 is 0 Å². The molecule has 0 aliphatic rings. The van der Waals surface area contributed by atoms with Crippen molar-refractivity contribution >= 4 is 0 Å². The third-order valence-electron chi connectivity index (χ3n) is 3.65. The van der Waals surface area contributed by atoms with Gasteiger partial charge in [0.05, 0.1) is 5.69 Å². The van der Waals surface area contributed by atoms with E-state index in [1.807, 2.05) is 0 Å². The summed E-state index contributed by atoms with van der Waals surface area (Å²) in [5.74, 6) is 1.44. The Hall–Kier alpha value is -1.61. The van der Waals surface area contributed by atoms with Gasteiger partial charge in [-0.1, -0.05) is 31.5 Å². The summed E-state index contributed by atoms with van der Waals surface area (Å²) in [6.07, 6.45) is 0.835. The fourth-order valence-electron chi connectivity index (χ4n) is 2.79. The summed E-state index contributed by atoms with van der Waals surface area (Å²) >= 11 is 0. The number of H-pyrrole nitrogens is 1. The van der Waals surface area contributed by atoms with E-state index in [1.54, 1.807) is 0 Å². The van der Waals surface area contributed by atoms with Crippen molar-refractivity contribution in [3.8, 4) is 11.3 Å². The van der Waals surface area contributed by atoms with E-state index in [0.717, 1.165) is 23.6 Å². The van der Waals surface area contributed by atoms with E-state index >= 15 is 0 Å². The van der Waals surface area contributed by atoms with Gasteiger partial charge in [-0.3, -0.25) is 0 Å². The second-order valence-corrected chi connectivity index (χ2v) is 5.92. The summed E-state index contributed by atoms with van der Waals surface area (Å²) in [5.41, 5.74) is 13.1. The molecule has 2 aromatic rings. The average molecular weight is 271 g/mol. The van der Waals surface area contributed by atoms with Crippen molar-refractivity contribution in [3.05, 3.63) is 40.3 Å². The first-order valence-electron chi connectivity index (χ1n) is 7.31. The zero-order valence-corrected chi connectivity index (χ0v) is 13.2. The predicted octanol–water partition coefficient (Wildman–Crippen LogP) is 3.63. The SMILES string of the molecule is Cc1cc(C)c(-c2nc(C(C)C)[nH]c2CCN)c(C)c1. The van der Waals surface area contributed by atoms with Crippen LogP contribution < -0.4 is 5.73 Å². The molecule has 0 fully saturated rings. The monoisotopic (exact) mass is 271 g/mol. The average Bonchev–Trinajstić information content (AvgIpc) is 2.72. The lowest BCUT2D eigenvalue weighted by atomic mass is 9.96. The van der Waals surface area contributed by atoms with E-state index in [2.05, 4.69) is 51.7 Å². The first kappa shape index (κ1) is 14.8. The molecule has 0 unspecified atom stereocenters. The first-order valence-corrected chi connectivity index (χ1v) is 7.31. The number of nitrogens with zero attached hydrogens (tertiary/aromatic N) is 1. The van der Waals surface area contributed by atoms with E-state index in [4.69, 9.17) is 10.7 Å². The molecule has 1 aromatic heterocycles. The molecule has 20 heavy (non-hydrogen) atoms. The molecule has 0 saturated carbocycles. The molecule has 108 valence electrons. The maximum absolute atomic E-state index is 5.75. The lowest BCUT2D eigenvalue weighted by Crippen LogP contribution is -2.05. The van der Waals surface area contributed by atoms with E-state index in [0.29, 0.717) is 12.5 Å². The van der Waals surface area contributed by atoms with Gasteiger partial charge in [-0.25, -0.2) is 4.98 Å². The van der Waals surface area contributed by atoms with Gasteiger partial charge in [0.2, 0.25) is 0 Å². The highest BCUT2D eigenvalue weighted by atomic mass is 14.9. The Bertz CT molecular complexity index is 586. The molecular weight excluding hydrogens is 246 g/mol. The van der Waals surface area contributed by atoms with Gasteiger partial charge in [0.25, 0.3) is 0 Å². The largest absolute Gasteiger partial charge is 0.345 e. The first-order chi connectivity index (χ1) is 9.43. The van der Waals surface area contributed by atoms with Crippen LogP contribution in [0.3, 0.4) is 0 Å². The van der Waals surface area contributed by atoms with Gasteiger partial charge < -0.3 is 10.7 Å². The molecule has 0 aliphatic carbocycles. The molecule has 2 rings (SSSR count). The summed E-state index contributed by atoms with van der Waals surface area (Å²) in [4.78, 5) is 8.30. The minimum atomic E-state index is 0.395. The third-order valence-corrected chi connectivity index (χ3v) is 3.65. The van der Waals surface area contributed by atoms with Gasteiger partial charge in [0, 0.05) is 23.6 Å². The predicted molar refractivity (Wildman–Crippen MR) is 85.1 cm³/mol. The molecule has 0 atom stereocenters. The van der Waals surface area contributed by atoms with Crippen molar-refractivity contribution in [1.29, 1.82) is 0 Å². The summed E-state index contributed by atoms with van der Waals surface area (Å²) in [6, 6.07) is 4.44. The molecule has 0 aliphatic heterocycles. The molecule has 1 aromatic carbocycles. The van der Waals surface area contributed by atoms with Crippen LogP contribution in [0, 0.1) is 20.8 Å². The molecule has 0 spiro atoms. The number of nitrogens with one attached hydrogen (secondary N) is 1. The molecule has 3 nitrogen and oxygen atoms in total.